The summed E-state index contributed by atoms with van der Waals surface area (Å²) in [4.78, 5) is 6.36. The standard InChI is InChI=1S/C15H28N4O2.HI/c1-16-15(17-8-5-10-19(2)3)18-9-6-11-20-13-14-7-4-12-21-14;/h4,7,12H,5-6,8-11,13H2,1-3H3,(H2,16,17,18);1H. The summed E-state index contributed by atoms with van der Waals surface area (Å²) in [6.45, 7) is 4.07. The van der Waals surface area contributed by atoms with Gasteiger partial charge in [0.25, 0.3) is 0 Å². The molecule has 0 aliphatic carbocycles. The molecule has 1 rings (SSSR count). The van der Waals surface area contributed by atoms with Crippen molar-refractivity contribution in [1.29, 1.82) is 0 Å². The lowest BCUT2D eigenvalue weighted by molar-refractivity contribution is 0.105. The van der Waals surface area contributed by atoms with Gasteiger partial charge < -0.3 is 24.7 Å². The second-order valence-corrected chi connectivity index (χ2v) is 5.07. The van der Waals surface area contributed by atoms with E-state index in [0.717, 1.165) is 44.2 Å². The van der Waals surface area contributed by atoms with Crippen LogP contribution in [-0.2, 0) is 11.3 Å². The lowest BCUT2D eigenvalue weighted by atomic mass is 10.4. The van der Waals surface area contributed by atoms with Gasteiger partial charge in [0.1, 0.15) is 12.4 Å². The highest BCUT2D eigenvalue weighted by Gasteiger charge is 1.98. The molecule has 22 heavy (non-hydrogen) atoms. The molecule has 0 bridgehead atoms. The van der Waals surface area contributed by atoms with Crippen LogP contribution in [0.3, 0.4) is 0 Å². The molecule has 0 radical (unpaired) electrons. The summed E-state index contributed by atoms with van der Waals surface area (Å²) < 4.78 is 10.7. The van der Waals surface area contributed by atoms with Crippen LogP contribution in [0.5, 0.6) is 0 Å². The molecular weight excluding hydrogens is 395 g/mol. The highest BCUT2D eigenvalue weighted by atomic mass is 127. The van der Waals surface area contributed by atoms with Gasteiger partial charge >= 0.3 is 0 Å². The largest absolute Gasteiger partial charge is 0.467 e. The number of aliphatic imine (C=N–C) groups is 1. The van der Waals surface area contributed by atoms with Crippen molar-refractivity contribution in [2.45, 2.75) is 19.4 Å². The van der Waals surface area contributed by atoms with Crippen molar-refractivity contribution in [2.24, 2.45) is 4.99 Å². The Kier molecular flexibility index (Phi) is 13.3. The molecule has 0 spiro atoms. The van der Waals surface area contributed by atoms with Gasteiger partial charge in [0, 0.05) is 26.7 Å². The van der Waals surface area contributed by atoms with Gasteiger partial charge in [-0.1, -0.05) is 0 Å². The highest BCUT2D eigenvalue weighted by molar-refractivity contribution is 14.0. The van der Waals surface area contributed by atoms with Gasteiger partial charge in [-0.25, -0.2) is 0 Å². The molecule has 0 saturated heterocycles. The molecule has 0 aromatic carbocycles. The predicted octanol–water partition coefficient (Wildman–Crippen LogP) is 1.92. The van der Waals surface area contributed by atoms with Crippen LogP contribution in [0.25, 0.3) is 0 Å². The summed E-state index contributed by atoms with van der Waals surface area (Å²) in [6.07, 6.45) is 3.69. The fraction of sp³-hybridized carbons (Fsp3) is 0.667. The normalized spacial score (nSPS) is 11.4. The van der Waals surface area contributed by atoms with Gasteiger partial charge in [0.05, 0.1) is 6.26 Å². The molecule has 0 fully saturated rings. The van der Waals surface area contributed by atoms with E-state index in [0.29, 0.717) is 13.2 Å². The van der Waals surface area contributed by atoms with Crippen LogP contribution in [-0.4, -0.2) is 58.2 Å². The zero-order valence-electron chi connectivity index (χ0n) is 13.8. The van der Waals surface area contributed by atoms with Gasteiger partial charge in [-0.2, -0.15) is 0 Å². The Hall–Kier alpha value is -0.800. The maximum Gasteiger partial charge on any atom is 0.190 e. The molecular formula is C15H29IN4O2. The molecule has 7 heteroatoms. The molecule has 1 heterocycles. The Balaban J connectivity index is 0.00000441. The smallest absolute Gasteiger partial charge is 0.190 e. The van der Waals surface area contributed by atoms with Crippen molar-refractivity contribution < 1.29 is 9.15 Å². The van der Waals surface area contributed by atoms with E-state index in [1.165, 1.54) is 0 Å². The van der Waals surface area contributed by atoms with Crippen molar-refractivity contribution in [1.82, 2.24) is 15.5 Å². The molecule has 1 aromatic heterocycles. The summed E-state index contributed by atoms with van der Waals surface area (Å²) in [7, 11) is 5.94. The number of guanidine groups is 1. The number of ether oxygens (including phenoxy) is 1. The minimum Gasteiger partial charge on any atom is -0.467 e. The van der Waals surface area contributed by atoms with E-state index in [4.69, 9.17) is 9.15 Å². The fourth-order valence-electron chi connectivity index (χ4n) is 1.77. The monoisotopic (exact) mass is 424 g/mol. The number of nitrogens with zero attached hydrogens (tertiary/aromatic N) is 2. The van der Waals surface area contributed by atoms with Crippen LogP contribution in [0.15, 0.2) is 27.8 Å². The number of halogens is 1. The first-order chi connectivity index (χ1) is 10.2. The van der Waals surface area contributed by atoms with E-state index in [-0.39, 0.29) is 24.0 Å². The van der Waals surface area contributed by atoms with E-state index in [9.17, 15) is 0 Å². The molecule has 2 N–H and O–H groups in total. The van der Waals surface area contributed by atoms with Crippen LogP contribution in [0.2, 0.25) is 0 Å². The quantitative estimate of drug-likeness (QED) is 0.260. The van der Waals surface area contributed by atoms with E-state index in [1.54, 1.807) is 13.3 Å². The fourth-order valence-corrected chi connectivity index (χ4v) is 1.77. The van der Waals surface area contributed by atoms with Gasteiger partial charge in [-0.15, -0.1) is 24.0 Å². The lowest BCUT2D eigenvalue weighted by Crippen LogP contribution is -2.39. The second-order valence-electron chi connectivity index (χ2n) is 5.07. The first-order valence-corrected chi connectivity index (χ1v) is 7.41. The van der Waals surface area contributed by atoms with Crippen molar-refractivity contribution in [3.63, 3.8) is 0 Å². The summed E-state index contributed by atoms with van der Waals surface area (Å²) in [5, 5.41) is 6.57. The van der Waals surface area contributed by atoms with Crippen LogP contribution in [0.4, 0.5) is 0 Å². The molecule has 6 nitrogen and oxygen atoms in total. The Labute approximate surface area is 150 Å². The summed E-state index contributed by atoms with van der Waals surface area (Å²) >= 11 is 0. The van der Waals surface area contributed by atoms with Gasteiger partial charge in [0.2, 0.25) is 0 Å². The molecule has 0 aliphatic heterocycles. The highest BCUT2D eigenvalue weighted by Crippen LogP contribution is 2.01. The third-order valence-corrected chi connectivity index (χ3v) is 2.88. The van der Waals surface area contributed by atoms with E-state index < -0.39 is 0 Å². The lowest BCUT2D eigenvalue weighted by Gasteiger charge is -2.13. The van der Waals surface area contributed by atoms with E-state index in [2.05, 4.69) is 34.6 Å². The van der Waals surface area contributed by atoms with Crippen LogP contribution < -0.4 is 10.6 Å². The summed E-state index contributed by atoms with van der Waals surface area (Å²) in [5.41, 5.74) is 0. The third kappa shape index (κ3) is 10.9. The number of hydrogen-bond acceptors (Lipinski definition) is 4. The second kappa shape index (κ2) is 13.8. The van der Waals surface area contributed by atoms with Gasteiger partial charge in [-0.05, 0) is 45.6 Å². The zero-order chi connectivity index (χ0) is 15.3. The van der Waals surface area contributed by atoms with Crippen LogP contribution in [0.1, 0.15) is 18.6 Å². The Bertz CT molecular complexity index is 383. The molecule has 0 amide bonds. The maximum absolute atomic E-state index is 5.52. The molecule has 0 atom stereocenters. The zero-order valence-corrected chi connectivity index (χ0v) is 16.1. The first-order valence-electron chi connectivity index (χ1n) is 7.41. The number of furan rings is 1. The van der Waals surface area contributed by atoms with E-state index in [1.807, 2.05) is 12.1 Å². The summed E-state index contributed by atoms with van der Waals surface area (Å²) in [6, 6.07) is 3.78. The molecule has 1 aromatic rings. The molecule has 0 aliphatic rings. The van der Waals surface area contributed by atoms with Crippen LogP contribution >= 0.6 is 24.0 Å². The maximum atomic E-state index is 5.52. The SMILES string of the molecule is CN=C(NCCCOCc1ccco1)NCCCN(C)C.I. The van der Waals surface area contributed by atoms with Crippen LogP contribution in [0, 0.1) is 0 Å². The van der Waals surface area contributed by atoms with Crippen molar-refractivity contribution in [3.05, 3.63) is 24.2 Å². The van der Waals surface area contributed by atoms with E-state index >= 15 is 0 Å². The van der Waals surface area contributed by atoms with Crippen molar-refractivity contribution in [2.75, 3.05) is 47.4 Å². The molecule has 0 saturated carbocycles. The number of nitrogens with one attached hydrogen (secondary N) is 2. The van der Waals surface area contributed by atoms with Crippen molar-refractivity contribution in [3.8, 4) is 0 Å². The van der Waals surface area contributed by atoms with Crippen molar-refractivity contribution >= 4 is 29.9 Å². The molecule has 128 valence electrons. The average molecular weight is 424 g/mol. The Morgan fingerprint density at radius 1 is 1.27 bits per heavy atom. The topological polar surface area (TPSA) is 62.0 Å². The number of rotatable bonds is 10. The minimum absolute atomic E-state index is 0. The minimum atomic E-state index is 0. The first kappa shape index (κ1) is 21.2. The Morgan fingerprint density at radius 2 is 2.00 bits per heavy atom. The predicted molar refractivity (Wildman–Crippen MR) is 101 cm³/mol. The third-order valence-electron chi connectivity index (χ3n) is 2.88. The average Bonchev–Trinajstić information content (AvgIpc) is 2.97. The summed E-state index contributed by atoms with van der Waals surface area (Å²) in [5.74, 6) is 1.71. The number of hydrogen-bond donors (Lipinski definition) is 2. The molecule has 0 unspecified atom stereocenters. The Morgan fingerprint density at radius 3 is 2.59 bits per heavy atom. The van der Waals surface area contributed by atoms with Gasteiger partial charge in [0.15, 0.2) is 5.96 Å². The van der Waals surface area contributed by atoms with Gasteiger partial charge in [-0.3, -0.25) is 4.99 Å².